The molecule has 0 aliphatic rings. The van der Waals surface area contributed by atoms with Gasteiger partial charge in [0.1, 0.15) is 5.82 Å². The topological polar surface area (TPSA) is 62.2 Å². The van der Waals surface area contributed by atoms with E-state index in [4.69, 9.17) is 0 Å². The summed E-state index contributed by atoms with van der Waals surface area (Å²) in [5, 5.41) is 14.6. The van der Waals surface area contributed by atoms with Crippen molar-refractivity contribution in [3.05, 3.63) is 45.8 Å². The standard InChI is InChI=1S/C16H20N2O2S/c1-4-12-8-11(16(19)20)9-14(17-12)18-15(10(2)3)13-6-5-7-21-13/h5-10,15H,4H2,1-3H3,(H,17,18)(H,19,20). The van der Waals surface area contributed by atoms with E-state index in [-0.39, 0.29) is 11.6 Å². The van der Waals surface area contributed by atoms with Crippen LogP contribution in [0.3, 0.4) is 0 Å². The number of hydrogen-bond donors (Lipinski definition) is 2. The maximum Gasteiger partial charge on any atom is 0.335 e. The van der Waals surface area contributed by atoms with Gasteiger partial charge in [-0.05, 0) is 35.9 Å². The fourth-order valence-corrected chi connectivity index (χ4v) is 3.11. The highest BCUT2D eigenvalue weighted by molar-refractivity contribution is 7.10. The molecule has 2 heterocycles. The van der Waals surface area contributed by atoms with Crippen LogP contribution in [0.25, 0.3) is 0 Å². The van der Waals surface area contributed by atoms with Crippen molar-refractivity contribution < 1.29 is 9.90 Å². The lowest BCUT2D eigenvalue weighted by molar-refractivity contribution is 0.0696. The van der Waals surface area contributed by atoms with Gasteiger partial charge < -0.3 is 10.4 Å². The van der Waals surface area contributed by atoms with Crippen molar-refractivity contribution >= 4 is 23.1 Å². The average molecular weight is 304 g/mol. The van der Waals surface area contributed by atoms with Crippen LogP contribution in [0.1, 0.15) is 47.7 Å². The number of aryl methyl sites for hydroxylation is 1. The number of pyridine rings is 1. The number of nitrogens with one attached hydrogen (secondary N) is 1. The normalized spacial score (nSPS) is 12.4. The molecule has 21 heavy (non-hydrogen) atoms. The van der Waals surface area contributed by atoms with Crippen LogP contribution in [0.5, 0.6) is 0 Å². The molecule has 2 aromatic rings. The predicted octanol–water partition coefficient (Wildman–Crippen LogP) is 4.21. The van der Waals surface area contributed by atoms with E-state index in [2.05, 4.69) is 30.2 Å². The molecule has 2 aromatic heterocycles. The number of carboxylic acid groups (broad SMARTS) is 1. The fourth-order valence-electron chi connectivity index (χ4n) is 2.16. The monoisotopic (exact) mass is 304 g/mol. The molecule has 0 aromatic carbocycles. The molecule has 0 aliphatic heterocycles. The highest BCUT2D eigenvalue weighted by Crippen LogP contribution is 2.29. The SMILES string of the molecule is CCc1cc(C(=O)O)cc(NC(c2cccs2)C(C)C)n1. The molecule has 5 heteroatoms. The predicted molar refractivity (Wildman–Crippen MR) is 86.1 cm³/mol. The lowest BCUT2D eigenvalue weighted by atomic mass is 10.0. The molecule has 2 rings (SSSR count). The second-order valence-electron chi connectivity index (χ2n) is 5.27. The number of hydrogen-bond acceptors (Lipinski definition) is 4. The third-order valence-electron chi connectivity index (χ3n) is 3.31. The average Bonchev–Trinajstić information content (AvgIpc) is 2.97. The first-order valence-electron chi connectivity index (χ1n) is 7.05. The summed E-state index contributed by atoms with van der Waals surface area (Å²) in [4.78, 5) is 16.9. The van der Waals surface area contributed by atoms with Crippen LogP contribution in [0, 0.1) is 5.92 Å². The van der Waals surface area contributed by atoms with E-state index in [9.17, 15) is 9.90 Å². The number of carbonyl (C=O) groups is 1. The van der Waals surface area contributed by atoms with Crippen molar-refractivity contribution in [2.24, 2.45) is 5.92 Å². The smallest absolute Gasteiger partial charge is 0.335 e. The summed E-state index contributed by atoms with van der Waals surface area (Å²) in [6.45, 7) is 6.25. The zero-order valence-electron chi connectivity index (χ0n) is 12.5. The van der Waals surface area contributed by atoms with Crippen molar-refractivity contribution in [1.29, 1.82) is 0 Å². The van der Waals surface area contributed by atoms with Crippen molar-refractivity contribution in [2.75, 3.05) is 5.32 Å². The van der Waals surface area contributed by atoms with Gasteiger partial charge in [0.25, 0.3) is 0 Å². The molecular weight excluding hydrogens is 284 g/mol. The largest absolute Gasteiger partial charge is 0.478 e. The third-order valence-corrected chi connectivity index (χ3v) is 4.26. The first-order valence-corrected chi connectivity index (χ1v) is 7.93. The van der Waals surface area contributed by atoms with Crippen LogP contribution in [-0.2, 0) is 6.42 Å². The molecule has 0 bridgehead atoms. The summed E-state index contributed by atoms with van der Waals surface area (Å²) in [7, 11) is 0. The molecule has 4 nitrogen and oxygen atoms in total. The van der Waals surface area contributed by atoms with E-state index in [0.717, 1.165) is 5.69 Å². The summed E-state index contributed by atoms with van der Waals surface area (Å²) in [5.74, 6) is 0.0789. The molecule has 0 amide bonds. The molecule has 1 atom stereocenters. The summed E-state index contributed by atoms with van der Waals surface area (Å²) < 4.78 is 0. The van der Waals surface area contributed by atoms with Gasteiger partial charge in [-0.2, -0.15) is 0 Å². The third kappa shape index (κ3) is 3.82. The summed E-state index contributed by atoms with van der Waals surface area (Å²) >= 11 is 1.69. The van der Waals surface area contributed by atoms with Crippen molar-refractivity contribution in [2.45, 2.75) is 33.2 Å². The van der Waals surface area contributed by atoms with Crippen LogP contribution in [0.15, 0.2) is 29.6 Å². The van der Waals surface area contributed by atoms with E-state index in [1.807, 2.05) is 18.4 Å². The Morgan fingerprint density at radius 2 is 2.19 bits per heavy atom. The highest BCUT2D eigenvalue weighted by atomic mass is 32.1. The molecule has 0 fully saturated rings. The summed E-state index contributed by atoms with van der Waals surface area (Å²) in [6.07, 6.45) is 0.709. The second-order valence-corrected chi connectivity index (χ2v) is 6.25. The quantitative estimate of drug-likeness (QED) is 0.839. The molecule has 0 spiro atoms. The van der Waals surface area contributed by atoms with E-state index in [0.29, 0.717) is 18.2 Å². The maximum absolute atomic E-state index is 11.2. The second kappa shape index (κ2) is 6.72. The molecule has 0 aliphatic carbocycles. The minimum atomic E-state index is -0.924. The lowest BCUT2D eigenvalue weighted by Crippen LogP contribution is -2.17. The van der Waals surface area contributed by atoms with Gasteiger partial charge >= 0.3 is 5.97 Å². The van der Waals surface area contributed by atoms with Crippen LogP contribution in [0.2, 0.25) is 0 Å². The Kier molecular flexibility index (Phi) is 4.96. The number of aromatic nitrogens is 1. The number of nitrogens with zero attached hydrogens (tertiary/aromatic N) is 1. The van der Waals surface area contributed by atoms with Crippen molar-refractivity contribution in [1.82, 2.24) is 4.98 Å². The molecule has 0 saturated heterocycles. The Labute approximate surface area is 128 Å². The Morgan fingerprint density at radius 1 is 1.43 bits per heavy atom. The van der Waals surface area contributed by atoms with Gasteiger partial charge in [-0.3, -0.25) is 0 Å². The van der Waals surface area contributed by atoms with Crippen LogP contribution >= 0.6 is 11.3 Å². The molecule has 112 valence electrons. The summed E-state index contributed by atoms with van der Waals surface area (Å²) in [5.41, 5.74) is 1.06. The number of rotatable bonds is 6. The van der Waals surface area contributed by atoms with Gasteiger partial charge in [-0.25, -0.2) is 9.78 Å². The highest BCUT2D eigenvalue weighted by Gasteiger charge is 2.18. The first kappa shape index (κ1) is 15.5. The Hall–Kier alpha value is -1.88. The number of anilines is 1. The minimum absolute atomic E-state index is 0.131. The summed E-state index contributed by atoms with van der Waals surface area (Å²) in [6, 6.07) is 7.47. The fraction of sp³-hybridized carbons (Fsp3) is 0.375. The van der Waals surface area contributed by atoms with E-state index in [1.165, 1.54) is 4.88 Å². The number of aromatic carboxylic acids is 1. The van der Waals surface area contributed by atoms with Gasteiger partial charge in [-0.1, -0.05) is 26.8 Å². The maximum atomic E-state index is 11.2. The Balaban J connectivity index is 2.32. The molecule has 0 radical (unpaired) electrons. The van der Waals surface area contributed by atoms with Crippen LogP contribution < -0.4 is 5.32 Å². The molecule has 0 saturated carbocycles. The van der Waals surface area contributed by atoms with Gasteiger partial charge in [0.2, 0.25) is 0 Å². The lowest BCUT2D eigenvalue weighted by Gasteiger charge is -2.22. The van der Waals surface area contributed by atoms with Crippen molar-refractivity contribution in [3.8, 4) is 0 Å². The van der Waals surface area contributed by atoms with Gasteiger partial charge in [0.05, 0.1) is 11.6 Å². The Bertz CT molecular complexity index is 609. The zero-order valence-corrected chi connectivity index (χ0v) is 13.3. The van der Waals surface area contributed by atoms with Gasteiger partial charge in [0, 0.05) is 10.6 Å². The Morgan fingerprint density at radius 3 is 2.71 bits per heavy atom. The number of thiophene rings is 1. The van der Waals surface area contributed by atoms with E-state index >= 15 is 0 Å². The number of carboxylic acids is 1. The zero-order chi connectivity index (χ0) is 15.4. The molecular formula is C16H20N2O2S. The van der Waals surface area contributed by atoms with Gasteiger partial charge in [0.15, 0.2) is 0 Å². The van der Waals surface area contributed by atoms with Crippen LogP contribution in [-0.4, -0.2) is 16.1 Å². The first-order chi connectivity index (χ1) is 10.0. The minimum Gasteiger partial charge on any atom is -0.478 e. The van der Waals surface area contributed by atoms with Crippen LogP contribution in [0.4, 0.5) is 5.82 Å². The van der Waals surface area contributed by atoms with Gasteiger partial charge in [-0.15, -0.1) is 11.3 Å². The van der Waals surface area contributed by atoms with Crippen molar-refractivity contribution in [3.63, 3.8) is 0 Å². The van der Waals surface area contributed by atoms with E-state index in [1.54, 1.807) is 23.5 Å². The molecule has 2 N–H and O–H groups in total. The van der Waals surface area contributed by atoms with E-state index < -0.39 is 5.97 Å². The molecule has 1 unspecified atom stereocenters.